The van der Waals surface area contributed by atoms with Gasteiger partial charge in [-0.3, -0.25) is 0 Å². The van der Waals surface area contributed by atoms with Gasteiger partial charge in [-0.1, -0.05) is 27.7 Å². The molecule has 0 aromatic heterocycles. The quantitative estimate of drug-likeness (QED) is 0.361. The topological polar surface area (TPSA) is 156 Å². The Morgan fingerprint density at radius 3 is 1.05 bits per heavy atom. The minimum absolute atomic E-state index is 0.347. The van der Waals surface area contributed by atoms with E-state index in [2.05, 4.69) is 0 Å². The van der Waals surface area contributed by atoms with Gasteiger partial charge >= 0.3 is 11.9 Å². The van der Waals surface area contributed by atoms with Crippen molar-refractivity contribution in [3.63, 3.8) is 0 Å². The molecule has 20 heavy (non-hydrogen) atoms. The minimum atomic E-state index is -1.50. The SMILES string of the molecule is CC(C)(CO)[C@@H](O)C(=O)O.CC(C)(CO)[C@@H](O)C(=O)O. The molecule has 0 heterocycles. The Bertz CT molecular complexity index is 291. The van der Waals surface area contributed by atoms with Crippen molar-refractivity contribution < 1.29 is 40.2 Å². The fourth-order valence-electron chi connectivity index (χ4n) is 0.841. The van der Waals surface area contributed by atoms with Crippen molar-refractivity contribution in [1.82, 2.24) is 0 Å². The molecule has 0 rings (SSSR count). The van der Waals surface area contributed by atoms with Gasteiger partial charge in [0.05, 0.1) is 13.2 Å². The van der Waals surface area contributed by atoms with Crippen LogP contribution in [0.25, 0.3) is 0 Å². The van der Waals surface area contributed by atoms with Crippen LogP contribution in [-0.2, 0) is 9.59 Å². The summed E-state index contributed by atoms with van der Waals surface area (Å²) in [7, 11) is 0. The summed E-state index contributed by atoms with van der Waals surface area (Å²) in [4.78, 5) is 20.3. The van der Waals surface area contributed by atoms with Crippen LogP contribution in [0.3, 0.4) is 0 Å². The second-order valence-corrected chi connectivity index (χ2v) is 5.77. The Hall–Kier alpha value is -1.22. The molecule has 0 bridgehead atoms. The van der Waals surface area contributed by atoms with Gasteiger partial charge in [0.15, 0.2) is 12.2 Å². The molecule has 0 aliphatic heterocycles. The molecule has 0 aliphatic carbocycles. The second-order valence-electron chi connectivity index (χ2n) is 5.77. The van der Waals surface area contributed by atoms with E-state index in [0.717, 1.165) is 0 Å². The third-order valence-corrected chi connectivity index (χ3v) is 2.76. The van der Waals surface area contributed by atoms with Crippen molar-refractivity contribution in [3.8, 4) is 0 Å². The lowest BCUT2D eigenvalue weighted by molar-refractivity contribution is -0.155. The van der Waals surface area contributed by atoms with Crippen molar-refractivity contribution in [2.45, 2.75) is 39.9 Å². The fraction of sp³-hybridized carbons (Fsp3) is 0.833. The largest absolute Gasteiger partial charge is 0.479 e. The van der Waals surface area contributed by atoms with Gasteiger partial charge in [0, 0.05) is 10.8 Å². The van der Waals surface area contributed by atoms with E-state index in [1.165, 1.54) is 27.7 Å². The highest BCUT2D eigenvalue weighted by Crippen LogP contribution is 2.19. The van der Waals surface area contributed by atoms with Crippen LogP contribution >= 0.6 is 0 Å². The van der Waals surface area contributed by atoms with Crippen LogP contribution < -0.4 is 0 Å². The maximum Gasteiger partial charge on any atom is 0.333 e. The first-order valence-electron chi connectivity index (χ1n) is 5.87. The van der Waals surface area contributed by atoms with Gasteiger partial charge in [-0.05, 0) is 0 Å². The molecular weight excluding hydrogens is 272 g/mol. The van der Waals surface area contributed by atoms with Crippen LogP contribution in [0, 0.1) is 10.8 Å². The van der Waals surface area contributed by atoms with Gasteiger partial charge in [-0.15, -0.1) is 0 Å². The maximum absolute atomic E-state index is 10.1. The Morgan fingerprint density at radius 2 is 1.00 bits per heavy atom. The summed E-state index contributed by atoms with van der Waals surface area (Å²) >= 11 is 0. The summed E-state index contributed by atoms with van der Waals surface area (Å²) in [6, 6.07) is 0. The number of rotatable bonds is 6. The third-order valence-electron chi connectivity index (χ3n) is 2.76. The second kappa shape index (κ2) is 8.15. The summed E-state index contributed by atoms with van der Waals surface area (Å²) in [5.41, 5.74) is -1.93. The summed E-state index contributed by atoms with van der Waals surface area (Å²) in [6.45, 7) is 5.22. The molecular formula is C12H24O8. The Balaban J connectivity index is 0. The van der Waals surface area contributed by atoms with Crippen LogP contribution in [-0.4, -0.2) is 68.0 Å². The van der Waals surface area contributed by atoms with Crippen molar-refractivity contribution in [2.75, 3.05) is 13.2 Å². The van der Waals surface area contributed by atoms with Gasteiger partial charge in [0.1, 0.15) is 0 Å². The molecule has 0 amide bonds. The number of hydrogen-bond acceptors (Lipinski definition) is 6. The molecule has 0 fully saturated rings. The van der Waals surface area contributed by atoms with Gasteiger partial charge in [0.25, 0.3) is 0 Å². The highest BCUT2D eigenvalue weighted by atomic mass is 16.4. The summed E-state index contributed by atoms with van der Waals surface area (Å²) in [5, 5.41) is 51.5. The van der Waals surface area contributed by atoms with Crippen LogP contribution in [0.2, 0.25) is 0 Å². The van der Waals surface area contributed by atoms with Crippen molar-refractivity contribution >= 4 is 11.9 Å². The molecule has 0 aromatic rings. The normalized spacial score (nSPS) is 14.8. The average Bonchev–Trinajstić information content (AvgIpc) is 2.37. The Labute approximate surface area is 117 Å². The van der Waals surface area contributed by atoms with Gasteiger partial charge in [0.2, 0.25) is 0 Å². The summed E-state index contributed by atoms with van der Waals surface area (Å²) in [6.07, 6.45) is -3.00. The molecule has 0 radical (unpaired) electrons. The molecule has 0 aliphatic rings. The highest BCUT2D eigenvalue weighted by molar-refractivity contribution is 5.73. The zero-order valence-corrected chi connectivity index (χ0v) is 12.1. The number of aliphatic carboxylic acids is 2. The van der Waals surface area contributed by atoms with Crippen molar-refractivity contribution in [3.05, 3.63) is 0 Å². The minimum Gasteiger partial charge on any atom is -0.479 e. The summed E-state index contributed by atoms with van der Waals surface area (Å²) < 4.78 is 0. The molecule has 0 spiro atoms. The maximum atomic E-state index is 10.1. The molecule has 0 saturated heterocycles. The zero-order chi connectivity index (χ0) is 16.7. The van der Waals surface area contributed by atoms with Gasteiger partial charge < -0.3 is 30.6 Å². The van der Waals surface area contributed by atoms with Crippen molar-refractivity contribution in [1.29, 1.82) is 0 Å². The predicted octanol–water partition coefficient (Wildman–Crippen LogP) is -1.10. The molecule has 8 nitrogen and oxygen atoms in total. The van der Waals surface area contributed by atoms with Crippen molar-refractivity contribution in [2.24, 2.45) is 10.8 Å². The van der Waals surface area contributed by atoms with E-state index in [0.29, 0.717) is 0 Å². The number of carboxylic acid groups (broad SMARTS) is 2. The van der Waals surface area contributed by atoms with E-state index in [4.69, 9.17) is 30.6 Å². The third kappa shape index (κ3) is 6.80. The molecule has 8 heteroatoms. The highest BCUT2D eigenvalue weighted by Gasteiger charge is 2.33. The monoisotopic (exact) mass is 296 g/mol. The Kier molecular flexibility index (Phi) is 8.60. The number of carbonyl (C=O) groups is 2. The van der Waals surface area contributed by atoms with E-state index in [-0.39, 0.29) is 13.2 Å². The number of aliphatic hydroxyl groups is 4. The first kappa shape index (κ1) is 21.1. The van der Waals surface area contributed by atoms with E-state index in [1.807, 2.05) is 0 Å². The predicted molar refractivity (Wildman–Crippen MR) is 69.0 cm³/mol. The molecule has 6 N–H and O–H groups in total. The average molecular weight is 296 g/mol. The van der Waals surface area contributed by atoms with Crippen LogP contribution in [0.5, 0.6) is 0 Å². The fourth-order valence-corrected chi connectivity index (χ4v) is 0.841. The van der Waals surface area contributed by atoms with E-state index in [9.17, 15) is 9.59 Å². The van der Waals surface area contributed by atoms with E-state index >= 15 is 0 Å². The number of carboxylic acids is 2. The van der Waals surface area contributed by atoms with E-state index in [1.54, 1.807) is 0 Å². The van der Waals surface area contributed by atoms with Gasteiger partial charge in [-0.25, -0.2) is 9.59 Å². The molecule has 2 atom stereocenters. The molecule has 0 aromatic carbocycles. The molecule has 0 saturated carbocycles. The van der Waals surface area contributed by atoms with E-state index < -0.39 is 35.0 Å². The van der Waals surface area contributed by atoms with Crippen LogP contribution in [0.4, 0.5) is 0 Å². The first-order valence-corrected chi connectivity index (χ1v) is 5.87. The number of hydrogen-bond donors (Lipinski definition) is 6. The summed E-state index contributed by atoms with van der Waals surface area (Å²) in [5.74, 6) is -2.61. The lowest BCUT2D eigenvalue weighted by Gasteiger charge is -2.24. The van der Waals surface area contributed by atoms with Crippen LogP contribution in [0.1, 0.15) is 27.7 Å². The lowest BCUT2D eigenvalue weighted by atomic mass is 9.88. The zero-order valence-electron chi connectivity index (χ0n) is 12.1. The van der Waals surface area contributed by atoms with Crippen LogP contribution in [0.15, 0.2) is 0 Å². The first-order chi connectivity index (χ1) is 8.83. The molecule has 0 unspecified atom stereocenters. The lowest BCUT2D eigenvalue weighted by Crippen LogP contribution is -2.38. The number of aliphatic hydroxyl groups excluding tert-OH is 4. The van der Waals surface area contributed by atoms with Gasteiger partial charge in [-0.2, -0.15) is 0 Å². The molecule has 120 valence electrons. The smallest absolute Gasteiger partial charge is 0.333 e. The Morgan fingerprint density at radius 1 is 0.800 bits per heavy atom. The standard InChI is InChI=1S/2C6H12O4/c2*1-6(2,3-7)4(8)5(9)10/h2*4,7-8H,3H2,1-2H3,(H,9,10)/t2*4-/m00/s1.